The summed E-state index contributed by atoms with van der Waals surface area (Å²) in [6, 6.07) is 2.00. The smallest absolute Gasteiger partial charge is 0.324 e. The number of urea groups is 1. The maximum Gasteiger partial charge on any atom is 0.324 e. The summed E-state index contributed by atoms with van der Waals surface area (Å²) in [5.41, 5.74) is 0.0285. The highest BCUT2D eigenvalue weighted by atomic mass is 32.2. The molecule has 30 heavy (non-hydrogen) atoms. The Kier molecular flexibility index (Phi) is 6.60. The summed E-state index contributed by atoms with van der Waals surface area (Å²) in [5, 5.41) is 10.5. The molecule has 3 rings (SSSR count). The van der Waals surface area contributed by atoms with E-state index in [0.717, 1.165) is 28.8 Å². The van der Waals surface area contributed by atoms with Crippen molar-refractivity contribution in [3.8, 4) is 0 Å². The maximum atomic E-state index is 13.3. The molecule has 3 amide bonds. The molecule has 8 nitrogen and oxygen atoms in total. The van der Waals surface area contributed by atoms with E-state index in [-0.39, 0.29) is 41.3 Å². The fraction of sp³-hybridized carbons (Fsp3) is 0.316. The largest absolute Gasteiger partial charge is 0.416 e. The Morgan fingerprint density at radius 1 is 1.33 bits per heavy atom. The standard InChI is InChI=1S/C19H18F2N4O4S/c1-3-6-25-17(27)12(10(2)22-18(25)28)8-16-23-24-19(29-16)30-9-15(26)11-4-5-13(20)14(21)7-11/h3-5,7,10,12H,1,6,8-9H2,2H3,(H,22,28). The molecule has 1 saturated heterocycles. The normalized spacial score (nSPS) is 19.0. The Balaban J connectivity index is 1.61. The van der Waals surface area contributed by atoms with Gasteiger partial charge in [-0.1, -0.05) is 17.8 Å². The van der Waals surface area contributed by atoms with Crippen LogP contribution in [0.25, 0.3) is 0 Å². The number of aromatic nitrogens is 2. The molecule has 11 heteroatoms. The minimum absolute atomic E-state index is 0.0285. The summed E-state index contributed by atoms with van der Waals surface area (Å²) in [4.78, 5) is 37.7. The molecule has 0 bridgehead atoms. The SMILES string of the molecule is C=CCN1C(=O)NC(C)C(Cc2nnc(SCC(=O)c3ccc(F)c(F)c3)o2)C1=O. The van der Waals surface area contributed by atoms with Crippen molar-refractivity contribution in [1.29, 1.82) is 0 Å². The second kappa shape index (κ2) is 9.16. The number of nitrogens with one attached hydrogen (secondary N) is 1. The molecule has 1 N–H and O–H groups in total. The van der Waals surface area contributed by atoms with Crippen LogP contribution in [-0.2, 0) is 11.2 Å². The van der Waals surface area contributed by atoms with Crippen LogP contribution in [0.15, 0.2) is 40.5 Å². The van der Waals surface area contributed by atoms with E-state index in [0.29, 0.717) is 0 Å². The molecule has 2 heterocycles. The van der Waals surface area contributed by atoms with Crippen molar-refractivity contribution in [1.82, 2.24) is 20.4 Å². The summed E-state index contributed by atoms with van der Waals surface area (Å²) < 4.78 is 31.7. The number of imide groups is 1. The molecule has 0 radical (unpaired) electrons. The van der Waals surface area contributed by atoms with Gasteiger partial charge in [-0.05, 0) is 25.1 Å². The van der Waals surface area contributed by atoms with E-state index < -0.39 is 35.4 Å². The molecule has 0 spiro atoms. The van der Waals surface area contributed by atoms with Crippen molar-refractivity contribution >= 4 is 29.5 Å². The second-order valence-corrected chi connectivity index (χ2v) is 7.52. The molecule has 1 aliphatic heterocycles. The molecule has 1 aromatic carbocycles. The van der Waals surface area contributed by atoms with Gasteiger partial charge in [0.25, 0.3) is 5.22 Å². The van der Waals surface area contributed by atoms with Crippen LogP contribution in [-0.4, -0.2) is 51.2 Å². The van der Waals surface area contributed by atoms with Crippen LogP contribution >= 0.6 is 11.8 Å². The van der Waals surface area contributed by atoms with Crippen LogP contribution in [0.5, 0.6) is 0 Å². The number of nitrogens with zero attached hydrogens (tertiary/aromatic N) is 3. The van der Waals surface area contributed by atoms with Crippen LogP contribution in [0.2, 0.25) is 0 Å². The van der Waals surface area contributed by atoms with Gasteiger partial charge >= 0.3 is 6.03 Å². The van der Waals surface area contributed by atoms with E-state index >= 15 is 0 Å². The monoisotopic (exact) mass is 436 g/mol. The zero-order chi connectivity index (χ0) is 21.8. The van der Waals surface area contributed by atoms with E-state index in [1.807, 2.05) is 0 Å². The molecule has 158 valence electrons. The Bertz CT molecular complexity index is 997. The zero-order valence-electron chi connectivity index (χ0n) is 15.9. The minimum Gasteiger partial charge on any atom is -0.416 e. The molecule has 1 fully saturated rings. The molecule has 2 aromatic rings. The molecule has 2 unspecified atom stereocenters. The Morgan fingerprint density at radius 2 is 2.10 bits per heavy atom. The molecule has 0 saturated carbocycles. The lowest BCUT2D eigenvalue weighted by Gasteiger charge is -2.34. The van der Waals surface area contributed by atoms with Crippen molar-refractivity contribution in [2.45, 2.75) is 24.6 Å². The van der Waals surface area contributed by atoms with Gasteiger partial charge in [0.15, 0.2) is 17.4 Å². The number of rotatable bonds is 8. The van der Waals surface area contributed by atoms with E-state index in [1.165, 1.54) is 12.1 Å². The fourth-order valence-electron chi connectivity index (χ4n) is 2.90. The van der Waals surface area contributed by atoms with E-state index in [1.54, 1.807) is 6.92 Å². The lowest BCUT2D eigenvalue weighted by atomic mass is 9.93. The van der Waals surface area contributed by atoms with Crippen LogP contribution in [0.4, 0.5) is 13.6 Å². The third-order valence-corrected chi connectivity index (χ3v) is 5.32. The van der Waals surface area contributed by atoms with E-state index in [4.69, 9.17) is 4.42 Å². The average Bonchev–Trinajstić information content (AvgIpc) is 3.16. The third kappa shape index (κ3) is 4.73. The first-order chi connectivity index (χ1) is 14.3. The van der Waals surface area contributed by atoms with Crippen molar-refractivity contribution in [3.63, 3.8) is 0 Å². The molecule has 1 aliphatic rings. The van der Waals surface area contributed by atoms with Crippen LogP contribution in [0.1, 0.15) is 23.2 Å². The molecular weight excluding hydrogens is 418 g/mol. The van der Waals surface area contributed by atoms with Crippen LogP contribution in [0, 0.1) is 17.6 Å². The van der Waals surface area contributed by atoms with Gasteiger partial charge in [-0.25, -0.2) is 13.6 Å². The Hall–Kier alpha value is -3.08. The minimum atomic E-state index is -1.10. The first-order valence-electron chi connectivity index (χ1n) is 8.96. The number of amides is 3. The molecule has 1 aromatic heterocycles. The third-order valence-electron chi connectivity index (χ3n) is 4.51. The molecule has 2 atom stereocenters. The summed E-state index contributed by atoms with van der Waals surface area (Å²) in [7, 11) is 0. The number of benzene rings is 1. The van der Waals surface area contributed by atoms with Crippen molar-refractivity contribution in [3.05, 3.63) is 53.9 Å². The van der Waals surface area contributed by atoms with Gasteiger partial charge in [0.2, 0.25) is 11.8 Å². The summed E-state index contributed by atoms with van der Waals surface area (Å²) in [6.07, 6.45) is 1.56. The van der Waals surface area contributed by atoms with Crippen molar-refractivity contribution < 1.29 is 27.6 Å². The summed E-state index contributed by atoms with van der Waals surface area (Å²) in [5.74, 6) is -3.47. The van der Waals surface area contributed by atoms with Crippen molar-refractivity contribution in [2.24, 2.45) is 5.92 Å². The van der Waals surface area contributed by atoms with Gasteiger partial charge in [0.1, 0.15) is 0 Å². The zero-order valence-corrected chi connectivity index (χ0v) is 16.7. The van der Waals surface area contributed by atoms with Gasteiger partial charge in [0.05, 0.1) is 11.7 Å². The van der Waals surface area contributed by atoms with Crippen molar-refractivity contribution in [2.75, 3.05) is 12.3 Å². The first-order valence-corrected chi connectivity index (χ1v) is 9.95. The summed E-state index contributed by atoms with van der Waals surface area (Å²) in [6.45, 7) is 5.33. The fourth-order valence-corrected chi connectivity index (χ4v) is 3.58. The Morgan fingerprint density at radius 3 is 2.80 bits per heavy atom. The Labute approximate surface area is 174 Å². The number of hydrogen-bond acceptors (Lipinski definition) is 7. The highest BCUT2D eigenvalue weighted by Gasteiger charge is 2.39. The van der Waals surface area contributed by atoms with Crippen LogP contribution < -0.4 is 5.32 Å². The van der Waals surface area contributed by atoms with Gasteiger partial charge in [0, 0.05) is 24.6 Å². The lowest BCUT2D eigenvalue weighted by molar-refractivity contribution is -0.134. The van der Waals surface area contributed by atoms with Gasteiger partial charge in [-0.3, -0.25) is 14.5 Å². The van der Waals surface area contributed by atoms with Gasteiger partial charge in [-0.15, -0.1) is 16.8 Å². The lowest BCUT2D eigenvalue weighted by Crippen LogP contribution is -2.59. The predicted octanol–water partition coefficient (Wildman–Crippen LogP) is 2.61. The van der Waals surface area contributed by atoms with E-state index in [9.17, 15) is 23.2 Å². The number of halogens is 2. The average molecular weight is 436 g/mol. The number of Topliss-reactive ketones (excluding diaryl/α,β-unsaturated/α-hetero) is 1. The summed E-state index contributed by atoms with van der Waals surface area (Å²) >= 11 is 0.943. The highest BCUT2D eigenvalue weighted by Crippen LogP contribution is 2.23. The number of carbonyl (C=O) groups is 3. The first kappa shape index (κ1) is 21.6. The molecule has 0 aliphatic carbocycles. The van der Waals surface area contributed by atoms with Gasteiger partial charge < -0.3 is 9.73 Å². The van der Waals surface area contributed by atoms with E-state index in [2.05, 4.69) is 22.1 Å². The van der Waals surface area contributed by atoms with Gasteiger partial charge in [-0.2, -0.15) is 0 Å². The topological polar surface area (TPSA) is 105 Å². The number of hydrogen-bond donors (Lipinski definition) is 1. The number of thioether (sulfide) groups is 1. The number of ketones is 1. The molecular formula is C19H18F2N4O4S. The highest BCUT2D eigenvalue weighted by molar-refractivity contribution is 7.99. The predicted molar refractivity (Wildman–Crippen MR) is 103 cm³/mol. The maximum absolute atomic E-state index is 13.3. The quantitative estimate of drug-likeness (QED) is 0.385. The van der Waals surface area contributed by atoms with Crippen LogP contribution in [0.3, 0.4) is 0 Å². The second-order valence-electron chi connectivity index (χ2n) is 6.59. The number of carbonyl (C=O) groups excluding carboxylic acids is 3.